The SMILES string of the molecule is COC(=O)c1c(F)ccc(N(c2cccc(Cl)c2)S(=O)[O-])c1F. The average molecular weight is 361 g/mol. The highest BCUT2D eigenvalue weighted by molar-refractivity contribution is 7.81. The number of benzene rings is 2. The zero-order chi connectivity index (χ0) is 17.1. The number of hydrogen-bond donors (Lipinski definition) is 0. The Kier molecular flexibility index (Phi) is 5.30. The molecule has 0 aliphatic rings. The molecule has 5 nitrogen and oxygen atoms in total. The van der Waals surface area contributed by atoms with E-state index in [-0.39, 0.29) is 10.7 Å². The van der Waals surface area contributed by atoms with Crippen molar-refractivity contribution in [3.63, 3.8) is 0 Å². The summed E-state index contributed by atoms with van der Waals surface area (Å²) in [6.45, 7) is 0. The minimum atomic E-state index is -2.94. The predicted molar refractivity (Wildman–Crippen MR) is 80.2 cm³/mol. The quantitative estimate of drug-likeness (QED) is 0.619. The van der Waals surface area contributed by atoms with Crippen LogP contribution in [-0.2, 0) is 16.0 Å². The van der Waals surface area contributed by atoms with Gasteiger partial charge in [-0.25, -0.2) is 13.6 Å². The third-order valence-corrected chi connectivity index (χ3v) is 3.81. The van der Waals surface area contributed by atoms with Crippen molar-refractivity contribution in [1.82, 2.24) is 0 Å². The van der Waals surface area contributed by atoms with Crippen LogP contribution in [0.1, 0.15) is 10.4 Å². The Morgan fingerprint density at radius 2 is 2.00 bits per heavy atom. The van der Waals surface area contributed by atoms with Gasteiger partial charge < -0.3 is 9.29 Å². The van der Waals surface area contributed by atoms with Gasteiger partial charge in [0.25, 0.3) is 0 Å². The first kappa shape index (κ1) is 17.3. The van der Waals surface area contributed by atoms with Crippen molar-refractivity contribution in [3.05, 3.63) is 58.6 Å². The smallest absolute Gasteiger partial charge is 0.343 e. The summed E-state index contributed by atoms with van der Waals surface area (Å²) in [6.07, 6.45) is 0. The first-order valence-electron chi connectivity index (χ1n) is 6.08. The summed E-state index contributed by atoms with van der Waals surface area (Å²) < 4.78 is 56.0. The lowest BCUT2D eigenvalue weighted by Crippen LogP contribution is -2.22. The lowest BCUT2D eigenvalue weighted by Gasteiger charge is -2.27. The maximum atomic E-state index is 14.5. The number of ether oxygens (including phenoxy) is 1. The molecular formula is C14H9ClF2NO4S-. The van der Waals surface area contributed by atoms with Crippen molar-refractivity contribution in [3.8, 4) is 0 Å². The van der Waals surface area contributed by atoms with Crippen LogP contribution < -0.4 is 4.31 Å². The molecule has 0 aliphatic heterocycles. The number of carbonyl (C=O) groups excluding carboxylic acids is 1. The van der Waals surface area contributed by atoms with E-state index in [2.05, 4.69) is 4.74 Å². The third kappa shape index (κ3) is 3.49. The predicted octanol–water partition coefficient (Wildman–Crippen LogP) is 3.34. The maximum absolute atomic E-state index is 14.5. The number of methoxy groups -OCH3 is 1. The number of hydrogen-bond acceptors (Lipinski definition) is 4. The highest BCUT2D eigenvalue weighted by Gasteiger charge is 2.25. The van der Waals surface area contributed by atoms with E-state index in [1.165, 1.54) is 24.3 Å². The Labute approximate surface area is 137 Å². The van der Waals surface area contributed by atoms with Crippen LogP contribution in [0.15, 0.2) is 36.4 Å². The molecule has 0 radical (unpaired) electrons. The van der Waals surface area contributed by atoms with E-state index in [1.807, 2.05) is 0 Å². The molecule has 2 aromatic rings. The normalized spacial score (nSPS) is 11.9. The molecule has 0 heterocycles. The number of nitrogens with zero attached hydrogens (tertiary/aromatic N) is 1. The molecule has 0 amide bonds. The molecule has 2 aromatic carbocycles. The summed E-state index contributed by atoms with van der Waals surface area (Å²) in [5.41, 5.74) is -1.50. The molecule has 0 saturated carbocycles. The van der Waals surface area contributed by atoms with Crippen molar-refractivity contribution >= 4 is 40.2 Å². The molecule has 0 saturated heterocycles. The van der Waals surface area contributed by atoms with Crippen LogP contribution in [0.2, 0.25) is 5.02 Å². The molecule has 2 rings (SSSR count). The second-order valence-electron chi connectivity index (χ2n) is 4.24. The standard InChI is InChI=1S/C14H10ClF2NO4S/c1-22-14(19)12-10(16)5-6-11(13(12)17)18(23(20)21)9-4-2-3-8(15)7-9/h2-7H,1H3,(H,20,21)/p-1. The zero-order valence-electron chi connectivity index (χ0n) is 11.6. The number of carbonyl (C=O) groups is 1. The third-order valence-electron chi connectivity index (χ3n) is 2.87. The highest BCUT2D eigenvalue weighted by atomic mass is 35.5. The van der Waals surface area contributed by atoms with Gasteiger partial charge in [-0.3, -0.25) is 8.51 Å². The monoisotopic (exact) mass is 360 g/mol. The Hall–Kier alpha value is -2.03. The zero-order valence-corrected chi connectivity index (χ0v) is 13.2. The maximum Gasteiger partial charge on any atom is 0.343 e. The Morgan fingerprint density at radius 3 is 2.57 bits per heavy atom. The Balaban J connectivity index is 2.66. The first-order valence-corrected chi connectivity index (χ1v) is 7.49. The summed E-state index contributed by atoms with van der Waals surface area (Å²) in [7, 11) is 0.953. The molecule has 1 unspecified atom stereocenters. The summed E-state index contributed by atoms with van der Waals surface area (Å²) in [5, 5.41) is 0.216. The Bertz CT molecular complexity index is 787. The molecule has 1 atom stereocenters. The fourth-order valence-electron chi connectivity index (χ4n) is 1.90. The van der Waals surface area contributed by atoms with E-state index in [4.69, 9.17) is 11.6 Å². The van der Waals surface area contributed by atoms with Gasteiger partial charge in [-0.05, 0) is 30.3 Å². The number of esters is 1. The highest BCUT2D eigenvalue weighted by Crippen LogP contribution is 2.33. The van der Waals surface area contributed by atoms with Gasteiger partial charge in [0, 0.05) is 5.02 Å². The van der Waals surface area contributed by atoms with Crippen molar-refractivity contribution in [2.75, 3.05) is 11.4 Å². The van der Waals surface area contributed by atoms with Crippen LogP contribution in [0.25, 0.3) is 0 Å². The van der Waals surface area contributed by atoms with Crippen LogP contribution in [0.5, 0.6) is 0 Å². The molecule has 23 heavy (non-hydrogen) atoms. The fourth-order valence-corrected chi connectivity index (χ4v) is 2.67. The molecule has 9 heteroatoms. The van der Waals surface area contributed by atoms with Crippen molar-refractivity contribution in [1.29, 1.82) is 0 Å². The van der Waals surface area contributed by atoms with Gasteiger partial charge in [-0.15, -0.1) is 0 Å². The molecule has 0 aliphatic carbocycles. The van der Waals surface area contributed by atoms with Crippen LogP contribution in [0.3, 0.4) is 0 Å². The summed E-state index contributed by atoms with van der Waals surface area (Å²) in [4.78, 5) is 11.5. The van der Waals surface area contributed by atoms with Gasteiger partial charge in [-0.1, -0.05) is 17.7 Å². The molecule has 0 fully saturated rings. The van der Waals surface area contributed by atoms with Crippen LogP contribution >= 0.6 is 11.6 Å². The Morgan fingerprint density at radius 1 is 1.30 bits per heavy atom. The summed E-state index contributed by atoms with van der Waals surface area (Å²) in [5.74, 6) is -3.79. The molecule has 122 valence electrons. The summed E-state index contributed by atoms with van der Waals surface area (Å²) >= 11 is 2.85. The number of rotatable bonds is 4. The minimum Gasteiger partial charge on any atom is -0.755 e. The second-order valence-corrected chi connectivity index (χ2v) is 5.47. The van der Waals surface area contributed by atoms with Gasteiger partial charge in [-0.2, -0.15) is 0 Å². The molecular weight excluding hydrogens is 352 g/mol. The largest absolute Gasteiger partial charge is 0.755 e. The van der Waals surface area contributed by atoms with E-state index in [0.29, 0.717) is 4.31 Å². The molecule has 0 bridgehead atoms. The second kappa shape index (κ2) is 7.03. The average Bonchev–Trinajstić information content (AvgIpc) is 2.49. The van der Waals surface area contributed by atoms with Gasteiger partial charge in [0.1, 0.15) is 11.4 Å². The minimum absolute atomic E-state index is 0.0205. The molecule has 0 N–H and O–H groups in total. The number of anilines is 2. The van der Waals surface area contributed by atoms with Crippen LogP contribution in [0, 0.1) is 11.6 Å². The topological polar surface area (TPSA) is 69.7 Å². The van der Waals surface area contributed by atoms with Crippen molar-refractivity contribution < 1.29 is 27.1 Å². The van der Waals surface area contributed by atoms with E-state index in [1.54, 1.807) is 0 Å². The van der Waals surface area contributed by atoms with Crippen LogP contribution in [0.4, 0.5) is 20.2 Å². The van der Waals surface area contributed by atoms with Gasteiger partial charge >= 0.3 is 5.97 Å². The van der Waals surface area contributed by atoms with E-state index < -0.39 is 40.1 Å². The van der Waals surface area contributed by atoms with Gasteiger partial charge in [0.15, 0.2) is 5.82 Å². The van der Waals surface area contributed by atoms with Crippen LogP contribution in [-0.4, -0.2) is 21.8 Å². The molecule has 0 spiro atoms. The molecule has 0 aromatic heterocycles. The lowest BCUT2D eigenvalue weighted by molar-refractivity contribution is 0.0590. The summed E-state index contributed by atoms with van der Waals surface area (Å²) in [6, 6.07) is 7.27. The number of halogens is 3. The van der Waals surface area contributed by atoms with E-state index in [9.17, 15) is 22.3 Å². The van der Waals surface area contributed by atoms with Gasteiger partial charge in [0.2, 0.25) is 0 Å². The fraction of sp³-hybridized carbons (Fsp3) is 0.0714. The van der Waals surface area contributed by atoms with Gasteiger partial charge in [0.05, 0.1) is 29.8 Å². The van der Waals surface area contributed by atoms with E-state index >= 15 is 0 Å². The van der Waals surface area contributed by atoms with Crippen molar-refractivity contribution in [2.45, 2.75) is 0 Å². The van der Waals surface area contributed by atoms with Crippen molar-refractivity contribution in [2.24, 2.45) is 0 Å². The first-order chi connectivity index (χ1) is 10.9. The lowest BCUT2D eigenvalue weighted by atomic mass is 10.1. The van der Waals surface area contributed by atoms with E-state index in [0.717, 1.165) is 19.2 Å².